The molecule has 6 rings (SSSR count). The Morgan fingerprint density at radius 1 is 0.860 bits per heavy atom. The molecule has 0 radical (unpaired) electrons. The molecule has 0 amide bonds. The van der Waals surface area contributed by atoms with Gasteiger partial charge in [-0.15, -0.1) is 17.9 Å². The van der Waals surface area contributed by atoms with Crippen LogP contribution in [0.4, 0.5) is 5.69 Å². The van der Waals surface area contributed by atoms with Crippen molar-refractivity contribution in [3.63, 3.8) is 0 Å². The van der Waals surface area contributed by atoms with Crippen LogP contribution in [0.5, 0.6) is 0 Å². The number of allylic oxidation sites excluding steroid dienone is 4. The van der Waals surface area contributed by atoms with Crippen molar-refractivity contribution in [2.24, 2.45) is 0 Å². The summed E-state index contributed by atoms with van der Waals surface area (Å²) in [4.78, 5) is 17.1. The number of thiazole rings is 2. The molecule has 0 fully saturated rings. The van der Waals surface area contributed by atoms with Crippen LogP contribution in [-0.4, -0.2) is 11.1 Å². The van der Waals surface area contributed by atoms with Gasteiger partial charge in [-0.2, -0.15) is 4.57 Å². The normalized spacial score (nSPS) is 14.5. The second kappa shape index (κ2) is 12.8. The molecule has 43 heavy (non-hydrogen) atoms. The van der Waals surface area contributed by atoms with Gasteiger partial charge in [0.05, 0.1) is 10.6 Å². The Morgan fingerprint density at radius 2 is 1.56 bits per heavy atom. The van der Waals surface area contributed by atoms with Crippen molar-refractivity contribution in [1.29, 1.82) is 0 Å². The Kier molecular flexibility index (Phi) is 8.50. The predicted octanol–water partition coefficient (Wildman–Crippen LogP) is 6.85. The molecule has 0 spiro atoms. The molecule has 3 aromatic carbocycles. The second-order valence-electron chi connectivity index (χ2n) is 10.2. The topological polar surface area (TPSA) is 29.1 Å². The molecule has 0 atom stereocenters. The number of nitrogens with zero attached hydrogens (tertiary/aromatic N) is 3. The van der Waals surface area contributed by atoms with Gasteiger partial charge in [-0.3, -0.25) is 9.36 Å². The van der Waals surface area contributed by atoms with Gasteiger partial charge < -0.3 is 4.90 Å². The lowest BCUT2D eigenvalue weighted by Crippen LogP contribution is -2.37. The van der Waals surface area contributed by atoms with Gasteiger partial charge in [0.2, 0.25) is 5.69 Å². The molecule has 1 aliphatic rings. The number of aromatic nitrogens is 2. The predicted molar refractivity (Wildman–Crippen MR) is 184 cm³/mol. The lowest BCUT2D eigenvalue weighted by molar-refractivity contribution is -0.679. The van der Waals surface area contributed by atoms with Crippen molar-refractivity contribution in [3.8, 4) is 21.7 Å². The average Bonchev–Trinajstić information content (AvgIpc) is 3.57. The Morgan fingerprint density at radius 3 is 2.26 bits per heavy atom. The van der Waals surface area contributed by atoms with Gasteiger partial charge in [-0.25, -0.2) is 0 Å². The number of hydrogen-bond acceptors (Lipinski definition) is 4. The Bertz CT molecular complexity index is 2010. The molecule has 214 valence electrons. The third-order valence-corrected chi connectivity index (χ3v) is 9.82. The van der Waals surface area contributed by atoms with E-state index in [1.807, 2.05) is 10.6 Å². The van der Waals surface area contributed by atoms with Crippen LogP contribution < -0.4 is 24.2 Å². The van der Waals surface area contributed by atoms with E-state index in [-0.39, 0.29) is 5.56 Å². The third-order valence-electron chi connectivity index (χ3n) is 7.57. The van der Waals surface area contributed by atoms with E-state index in [1.54, 1.807) is 17.4 Å². The standard InChI is InChI=1S/C37H34N3OS2/c1-4-24-40-34(42-32(37(40)41)22-21-27-23-25-38(5-2)31-20-14-13-19-30(27)31)26-33-39(6-3)35(28-15-9-7-10-16-28)36(43-33)29-17-11-8-12-18-29/h4,7-23,25-26H,1,5-6,24H2,2-3H3/q+1/b27-21-,32-22+. The summed E-state index contributed by atoms with van der Waals surface area (Å²) < 4.78 is 5.80. The van der Waals surface area contributed by atoms with E-state index < -0.39 is 0 Å². The van der Waals surface area contributed by atoms with Crippen LogP contribution in [0.15, 0.2) is 121 Å². The molecule has 1 aliphatic heterocycles. The molecule has 0 saturated heterocycles. The van der Waals surface area contributed by atoms with Crippen LogP contribution >= 0.6 is 22.7 Å². The highest BCUT2D eigenvalue weighted by atomic mass is 32.1. The minimum absolute atomic E-state index is 0.00225. The van der Waals surface area contributed by atoms with Crippen LogP contribution in [0.2, 0.25) is 0 Å². The fraction of sp³-hybridized carbons (Fsp3) is 0.135. The maximum absolute atomic E-state index is 13.7. The van der Waals surface area contributed by atoms with Gasteiger partial charge in [0.1, 0.15) is 16.1 Å². The Labute approximate surface area is 260 Å². The van der Waals surface area contributed by atoms with E-state index >= 15 is 0 Å². The second-order valence-corrected chi connectivity index (χ2v) is 12.2. The highest BCUT2D eigenvalue weighted by Gasteiger charge is 2.27. The number of benzene rings is 3. The summed E-state index contributed by atoms with van der Waals surface area (Å²) in [5.74, 6) is 0. The van der Waals surface area contributed by atoms with E-state index in [1.165, 1.54) is 44.3 Å². The van der Waals surface area contributed by atoms with Crippen molar-refractivity contribution in [3.05, 3.63) is 146 Å². The number of fused-ring (bicyclic) bond motifs is 1. The van der Waals surface area contributed by atoms with Crippen LogP contribution in [0, 0.1) is 0 Å². The van der Waals surface area contributed by atoms with E-state index in [9.17, 15) is 4.79 Å². The first-order valence-corrected chi connectivity index (χ1v) is 16.2. The first-order chi connectivity index (χ1) is 21.1. The molecule has 5 aromatic rings. The molecule has 0 saturated carbocycles. The zero-order chi connectivity index (χ0) is 29.8. The van der Waals surface area contributed by atoms with E-state index in [0.717, 1.165) is 28.3 Å². The number of rotatable bonds is 8. The van der Waals surface area contributed by atoms with Crippen molar-refractivity contribution < 1.29 is 4.57 Å². The monoisotopic (exact) mass is 600 g/mol. The molecule has 0 aliphatic carbocycles. The molecule has 2 aromatic heterocycles. The third kappa shape index (κ3) is 5.64. The van der Waals surface area contributed by atoms with Gasteiger partial charge in [0.25, 0.3) is 10.6 Å². The molecule has 0 N–H and O–H groups in total. The number of hydrogen-bond donors (Lipinski definition) is 0. The average molecular weight is 601 g/mol. The zero-order valence-electron chi connectivity index (χ0n) is 24.4. The van der Waals surface area contributed by atoms with Crippen molar-refractivity contribution in [2.75, 3.05) is 11.4 Å². The summed E-state index contributed by atoms with van der Waals surface area (Å²) in [6.45, 7) is 10.4. The SMILES string of the molecule is C=CCn1c(=O)/c(=C\C=C2\C=CN(CC)c3ccccc32)s/c1=C\c1sc(-c2ccccc2)c(-c2ccccc2)[n+]1CC. The van der Waals surface area contributed by atoms with Crippen LogP contribution in [0.25, 0.3) is 39.4 Å². The number of anilines is 1. The number of para-hydroxylation sites is 1. The molecule has 4 nitrogen and oxygen atoms in total. The highest BCUT2D eigenvalue weighted by Crippen LogP contribution is 2.36. The van der Waals surface area contributed by atoms with Gasteiger partial charge in [-0.05, 0) is 55.3 Å². The summed E-state index contributed by atoms with van der Waals surface area (Å²) in [6, 6.07) is 29.5. The Balaban J connectivity index is 1.52. The summed E-state index contributed by atoms with van der Waals surface area (Å²) in [7, 11) is 0. The maximum atomic E-state index is 13.7. The molecular weight excluding hydrogens is 567 g/mol. The van der Waals surface area contributed by atoms with Crippen molar-refractivity contribution >= 4 is 46.1 Å². The van der Waals surface area contributed by atoms with Crippen molar-refractivity contribution in [1.82, 2.24) is 4.57 Å². The molecule has 3 heterocycles. The van der Waals surface area contributed by atoms with E-state index in [0.29, 0.717) is 11.1 Å². The summed E-state index contributed by atoms with van der Waals surface area (Å²) >= 11 is 3.29. The van der Waals surface area contributed by atoms with Crippen LogP contribution in [-0.2, 0) is 13.1 Å². The molecule has 0 bridgehead atoms. The fourth-order valence-corrected chi connectivity index (χ4v) is 7.85. The minimum Gasteiger partial charge on any atom is -0.348 e. The van der Waals surface area contributed by atoms with Gasteiger partial charge >= 0.3 is 0 Å². The van der Waals surface area contributed by atoms with Gasteiger partial charge in [0, 0.05) is 36.1 Å². The Hall–Kier alpha value is -4.52. The molecular formula is C37H34N3OS2+. The lowest BCUT2D eigenvalue weighted by atomic mass is 9.99. The first-order valence-electron chi connectivity index (χ1n) is 14.6. The van der Waals surface area contributed by atoms with E-state index in [4.69, 9.17) is 0 Å². The quantitative estimate of drug-likeness (QED) is 0.144. The minimum atomic E-state index is 0.00225. The summed E-state index contributed by atoms with van der Waals surface area (Å²) in [6.07, 6.45) is 12.2. The van der Waals surface area contributed by atoms with Crippen molar-refractivity contribution in [2.45, 2.75) is 26.9 Å². The van der Waals surface area contributed by atoms with Gasteiger partial charge in [0.15, 0.2) is 0 Å². The molecule has 6 heteroatoms. The van der Waals surface area contributed by atoms with Crippen LogP contribution in [0.1, 0.15) is 24.4 Å². The smallest absolute Gasteiger partial charge is 0.269 e. The maximum Gasteiger partial charge on any atom is 0.269 e. The van der Waals surface area contributed by atoms with Crippen LogP contribution in [0.3, 0.4) is 0 Å². The highest BCUT2D eigenvalue weighted by molar-refractivity contribution is 7.16. The summed E-state index contributed by atoms with van der Waals surface area (Å²) in [5.41, 5.74) is 7.00. The van der Waals surface area contributed by atoms with E-state index in [2.05, 4.69) is 139 Å². The zero-order valence-corrected chi connectivity index (χ0v) is 26.1. The summed E-state index contributed by atoms with van der Waals surface area (Å²) in [5, 5.41) is 1.10. The molecule has 0 unspecified atom stereocenters. The largest absolute Gasteiger partial charge is 0.348 e. The van der Waals surface area contributed by atoms with Gasteiger partial charge in [-0.1, -0.05) is 90.2 Å². The first kappa shape index (κ1) is 28.6. The fourth-order valence-electron chi connectivity index (χ4n) is 5.49. The lowest BCUT2D eigenvalue weighted by Gasteiger charge is -2.26.